The second kappa shape index (κ2) is 8.02. The summed E-state index contributed by atoms with van der Waals surface area (Å²) in [5.74, 6) is 0.887. The van der Waals surface area contributed by atoms with Crippen LogP contribution in [0.2, 0.25) is 0 Å². The lowest BCUT2D eigenvalue weighted by Gasteiger charge is -2.33. The third-order valence-corrected chi connectivity index (χ3v) is 7.50. The summed E-state index contributed by atoms with van der Waals surface area (Å²) in [4.78, 5) is 29.7. The van der Waals surface area contributed by atoms with Gasteiger partial charge in [0.15, 0.2) is 0 Å². The number of benzene rings is 3. The number of thioether (sulfide) groups is 1. The monoisotopic (exact) mass is 444 g/mol. The first kappa shape index (κ1) is 20.6. The molecule has 1 saturated heterocycles. The molecule has 5 nitrogen and oxygen atoms in total. The number of hydrogen-bond donors (Lipinski definition) is 0. The van der Waals surface area contributed by atoms with Crippen LogP contribution in [0.25, 0.3) is 0 Å². The van der Waals surface area contributed by atoms with Crippen molar-refractivity contribution in [3.8, 4) is 5.75 Å². The van der Waals surface area contributed by atoms with E-state index < -0.39 is 4.87 Å². The van der Waals surface area contributed by atoms with E-state index in [1.54, 1.807) is 16.9 Å². The highest BCUT2D eigenvalue weighted by Gasteiger charge is 2.60. The number of anilines is 2. The Morgan fingerprint density at radius 3 is 2.56 bits per heavy atom. The van der Waals surface area contributed by atoms with Crippen LogP contribution in [0.3, 0.4) is 0 Å². The fourth-order valence-electron chi connectivity index (χ4n) is 4.58. The van der Waals surface area contributed by atoms with Crippen LogP contribution >= 0.6 is 11.8 Å². The molecule has 0 aromatic heterocycles. The van der Waals surface area contributed by atoms with Gasteiger partial charge in [-0.25, -0.2) is 0 Å². The Morgan fingerprint density at radius 2 is 1.75 bits per heavy atom. The van der Waals surface area contributed by atoms with Crippen molar-refractivity contribution in [2.24, 2.45) is 0 Å². The Hall–Kier alpha value is -3.25. The van der Waals surface area contributed by atoms with E-state index in [2.05, 4.69) is 6.92 Å². The lowest BCUT2D eigenvalue weighted by Crippen LogP contribution is -2.49. The molecule has 32 heavy (non-hydrogen) atoms. The first-order chi connectivity index (χ1) is 15.6. The van der Waals surface area contributed by atoms with Crippen molar-refractivity contribution in [3.63, 3.8) is 0 Å². The van der Waals surface area contributed by atoms with Gasteiger partial charge in [-0.2, -0.15) is 0 Å². The number of amides is 2. The molecule has 1 fully saturated rings. The van der Waals surface area contributed by atoms with Crippen LogP contribution in [0.1, 0.15) is 23.6 Å². The molecule has 1 unspecified atom stereocenters. The van der Waals surface area contributed by atoms with Gasteiger partial charge in [-0.3, -0.25) is 14.5 Å². The summed E-state index contributed by atoms with van der Waals surface area (Å²) in [6.07, 6.45) is 0.864. The van der Waals surface area contributed by atoms with Crippen molar-refractivity contribution >= 4 is 35.0 Å². The molecule has 0 N–H and O–H groups in total. The quantitative estimate of drug-likeness (QED) is 0.571. The average molecular weight is 445 g/mol. The van der Waals surface area contributed by atoms with Crippen LogP contribution in [0.5, 0.6) is 5.75 Å². The van der Waals surface area contributed by atoms with Crippen LogP contribution in [0.4, 0.5) is 11.4 Å². The highest BCUT2D eigenvalue weighted by Crippen LogP contribution is 2.56. The third-order valence-electron chi connectivity index (χ3n) is 6.12. The second-order valence-corrected chi connectivity index (χ2v) is 9.11. The van der Waals surface area contributed by atoms with E-state index in [1.165, 1.54) is 11.8 Å². The lowest BCUT2D eigenvalue weighted by molar-refractivity contribution is -0.123. The molecular formula is C26H24N2O3S. The number of carbonyl (C=O) groups excluding carboxylic acids is 2. The first-order valence-corrected chi connectivity index (χ1v) is 11.7. The zero-order valence-electron chi connectivity index (χ0n) is 18.1. The van der Waals surface area contributed by atoms with Crippen molar-refractivity contribution < 1.29 is 14.3 Å². The number of aryl methyl sites for hydroxylation is 1. The van der Waals surface area contributed by atoms with E-state index in [0.29, 0.717) is 6.54 Å². The summed E-state index contributed by atoms with van der Waals surface area (Å²) < 4.78 is 5.36. The first-order valence-electron chi connectivity index (χ1n) is 10.7. The smallest absolute Gasteiger partial charge is 0.269 e. The highest BCUT2D eigenvalue weighted by molar-refractivity contribution is 8.02. The molecule has 2 aliphatic heterocycles. The summed E-state index contributed by atoms with van der Waals surface area (Å²) in [5.41, 5.74) is 4.59. The SMILES string of the molecule is CCc1cccc(N2C(=O)CSC23C(=O)N(Cc2cccc(OC)c2)c2ccccc23)c1. The van der Waals surface area contributed by atoms with Gasteiger partial charge >= 0.3 is 0 Å². The molecule has 2 heterocycles. The Kier molecular flexibility index (Phi) is 5.18. The summed E-state index contributed by atoms with van der Waals surface area (Å²) >= 11 is 1.41. The molecule has 0 saturated carbocycles. The van der Waals surface area contributed by atoms with Crippen molar-refractivity contribution in [1.82, 2.24) is 0 Å². The summed E-state index contributed by atoms with van der Waals surface area (Å²) in [6.45, 7) is 2.49. The number of hydrogen-bond acceptors (Lipinski definition) is 4. The molecule has 1 atom stereocenters. The minimum atomic E-state index is -1.08. The molecular weight excluding hydrogens is 420 g/mol. The molecule has 5 rings (SSSR count). The molecule has 1 spiro atoms. The van der Waals surface area contributed by atoms with Crippen molar-refractivity contribution in [2.75, 3.05) is 22.7 Å². The minimum absolute atomic E-state index is 0.0466. The standard InChI is InChI=1S/C26H24N2O3S/c1-3-18-8-6-10-20(14-18)28-24(29)17-32-26(28)22-12-4-5-13-23(22)27(25(26)30)16-19-9-7-11-21(15-19)31-2/h4-15H,3,16-17H2,1-2H3. The minimum Gasteiger partial charge on any atom is -0.497 e. The molecule has 0 bridgehead atoms. The van der Waals surface area contributed by atoms with Gasteiger partial charge in [0.25, 0.3) is 5.91 Å². The van der Waals surface area contributed by atoms with Gasteiger partial charge in [0.05, 0.1) is 25.1 Å². The number of ether oxygens (including phenoxy) is 1. The van der Waals surface area contributed by atoms with Crippen molar-refractivity contribution in [2.45, 2.75) is 24.8 Å². The van der Waals surface area contributed by atoms with Crippen LogP contribution in [0, 0.1) is 0 Å². The summed E-state index contributed by atoms with van der Waals surface area (Å²) in [7, 11) is 1.63. The van der Waals surface area contributed by atoms with E-state index in [0.717, 1.165) is 40.2 Å². The number of carbonyl (C=O) groups is 2. The van der Waals surface area contributed by atoms with Gasteiger partial charge in [-0.05, 0) is 47.9 Å². The number of para-hydroxylation sites is 1. The van der Waals surface area contributed by atoms with Gasteiger partial charge in [-0.15, -0.1) is 11.8 Å². The number of fused-ring (bicyclic) bond motifs is 2. The molecule has 0 radical (unpaired) electrons. The Balaban J connectivity index is 1.62. The van der Waals surface area contributed by atoms with E-state index in [9.17, 15) is 9.59 Å². The van der Waals surface area contributed by atoms with Crippen molar-refractivity contribution in [3.05, 3.63) is 89.5 Å². The predicted molar refractivity (Wildman–Crippen MR) is 128 cm³/mol. The Labute approximate surface area is 192 Å². The molecule has 6 heteroatoms. The number of rotatable bonds is 5. The van der Waals surface area contributed by atoms with Gasteiger partial charge in [0, 0.05) is 11.3 Å². The molecule has 3 aromatic rings. The largest absolute Gasteiger partial charge is 0.497 e. The maximum atomic E-state index is 14.1. The average Bonchev–Trinajstić information content (AvgIpc) is 3.30. The Morgan fingerprint density at radius 1 is 0.969 bits per heavy atom. The summed E-state index contributed by atoms with van der Waals surface area (Å²) in [5, 5.41) is 0. The highest BCUT2D eigenvalue weighted by atomic mass is 32.2. The maximum absolute atomic E-state index is 14.1. The second-order valence-electron chi connectivity index (χ2n) is 7.95. The van der Waals surface area contributed by atoms with Gasteiger partial charge in [-0.1, -0.05) is 49.4 Å². The van der Waals surface area contributed by atoms with E-state index in [-0.39, 0.29) is 17.6 Å². The molecule has 2 aliphatic rings. The van der Waals surface area contributed by atoms with Crippen LogP contribution in [0.15, 0.2) is 72.8 Å². The maximum Gasteiger partial charge on any atom is 0.269 e. The van der Waals surface area contributed by atoms with Crippen LogP contribution < -0.4 is 14.5 Å². The Bertz CT molecular complexity index is 1210. The van der Waals surface area contributed by atoms with Crippen LogP contribution in [-0.4, -0.2) is 24.7 Å². The third kappa shape index (κ3) is 3.09. The lowest BCUT2D eigenvalue weighted by atomic mass is 10.0. The zero-order chi connectivity index (χ0) is 22.3. The summed E-state index contributed by atoms with van der Waals surface area (Å²) in [6, 6.07) is 23.5. The molecule has 162 valence electrons. The van der Waals surface area contributed by atoms with Gasteiger partial charge < -0.3 is 9.64 Å². The fourth-order valence-corrected chi connectivity index (χ4v) is 5.94. The van der Waals surface area contributed by atoms with E-state index >= 15 is 0 Å². The fraction of sp³-hybridized carbons (Fsp3) is 0.231. The zero-order valence-corrected chi connectivity index (χ0v) is 18.9. The molecule has 0 aliphatic carbocycles. The van der Waals surface area contributed by atoms with E-state index in [4.69, 9.17) is 4.74 Å². The molecule has 2 amide bonds. The number of methoxy groups -OCH3 is 1. The topological polar surface area (TPSA) is 49.9 Å². The number of nitrogens with zero attached hydrogens (tertiary/aromatic N) is 2. The van der Waals surface area contributed by atoms with Crippen molar-refractivity contribution in [1.29, 1.82) is 0 Å². The van der Waals surface area contributed by atoms with E-state index in [1.807, 2.05) is 72.8 Å². The van der Waals surface area contributed by atoms with Crippen LogP contribution in [-0.2, 0) is 27.4 Å². The van der Waals surface area contributed by atoms with Gasteiger partial charge in [0.1, 0.15) is 5.75 Å². The van der Waals surface area contributed by atoms with Gasteiger partial charge in [0.2, 0.25) is 10.8 Å². The normalized spacial score (nSPS) is 19.7. The molecule has 3 aromatic carbocycles. The predicted octanol–water partition coefficient (Wildman–Crippen LogP) is 4.74.